The summed E-state index contributed by atoms with van der Waals surface area (Å²) in [6.45, 7) is 4.95. The van der Waals surface area contributed by atoms with Crippen molar-refractivity contribution in [2.24, 2.45) is 5.92 Å². The highest BCUT2D eigenvalue weighted by molar-refractivity contribution is 7.89. The minimum atomic E-state index is -3.49. The predicted octanol–water partition coefficient (Wildman–Crippen LogP) is 3.47. The standard InChI is InChI=1S/C19H23NO3S/c1-15-8-10-19(11-9-15)24(21,22)20-13-16(2)12-17(20)14-23-18-6-4-3-5-7-18/h3-11,16-17H,12-14H2,1-2H3/t16-,17-/m0/s1. The molecule has 0 aliphatic carbocycles. The highest BCUT2D eigenvalue weighted by atomic mass is 32.2. The van der Waals surface area contributed by atoms with Gasteiger partial charge in [-0.05, 0) is 43.5 Å². The van der Waals surface area contributed by atoms with Crippen LogP contribution in [-0.4, -0.2) is 31.9 Å². The molecule has 1 heterocycles. The summed E-state index contributed by atoms with van der Waals surface area (Å²) in [5.41, 5.74) is 1.05. The second-order valence-electron chi connectivity index (χ2n) is 6.51. The van der Waals surface area contributed by atoms with Crippen molar-refractivity contribution in [2.45, 2.75) is 31.2 Å². The number of ether oxygens (including phenoxy) is 1. The third-order valence-electron chi connectivity index (χ3n) is 4.39. The lowest BCUT2D eigenvalue weighted by molar-refractivity contribution is 0.232. The van der Waals surface area contributed by atoms with Gasteiger partial charge in [0.2, 0.25) is 10.0 Å². The van der Waals surface area contributed by atoms with Crippen LogP contribution >= 0.6 is 0 Å². The summed E-state index contributed by atoms with van der Waals surface area (Å²) in [7, 11) is -3.49. The van der Waals surface area contributed by atoms with Gasteiger partial charge in [0.05, 0.1) is 10.9 Å². The molecule has 5 heteroatoms. The zero-order valence-electron chi connectivity index (χ0n) is 14.1. The number of hydrogen-bond donors (Lipinski definition) is 0. The molecule has 3 rings (SSSR count). The number of aryl methyl sites for hydroxylation is 1. The molecule has 0 spiro atoms. The molecule has 128 valence electrons. The van der Waals surface area contributed by atoms with E-state index in [0.717, 1.165) is 17.7 Å². The summed E-state index contributed by atoms with van der Waals surface area (Å²) in [6, 6.07) is 16.4. The van der Waals surface area contributed by atoms with Crippen LogP contribution < -0.4 is 4.74 Å². The number of nitrogens with zero attached hydrogens (tertiary/aromatic N) is 1. The lowest BCUT2D eigenvalue weighted by Crippen LogP contribution is -2.39. The van der Waals surface area contributed by atoms with Gasteiger partial charge < -0.3 is 4.74 Å². The summed E-state index contributed by atoms with van der Waals surface area (Å²) in [5.74, 6) is 1.10. The first-order valence-electron chi connectivity index (χ1n) is 8.23. The molecule has 0 aromatic heterocycles. The van der Waals surface area contributed by atoms with Gasteiger partial charge in [-0.1, -0.05) is 42.8 Å². The number of hydrogen-bond acceptors (Lipinski definition) is 3. The number of benzene rings is 2. The van der Waals surface area contributed by atoms with Crippen molar-refractivity contribution in [3.05, 3.63) is 60.2 Å². The van der Waals surface area contributed by atoms with E-state index in [1.807, 2.05) is 49.4 Å². The quantitative estimate of drug-likeness (QED) is 0.833. The summed E-state index contributed by atoms with van der Waals surface area (Å²) >= 11 is 0. The van der Waals surface area contributed by atoms with Crippen LogP contribution in [0.2, 0.25) is 0 Å². The molecule has 0 saturated carbocycles. The fourth-order valence-electron chi connectivity index (χ4n) is 3.11. The molecule has 1 aliphatic rings. The topological polar surface area (TPSA) is 46.6 Å². The van der Waals surface area contributed by atoms with Gasteiger partial charge in [-0.15, -0.1) is 0 Å². The molecular formula is C19H23NO3S. The first-order chi connectivity index (χ1) is 11.5. The van der Waals surface area contributed by atoms with Crippen LogP contribution in [0.25, 0.3) is 0 Å². The molecule has 0 unspecified atom stereocenters. The monoisotopic (exact) mass is 345 g/mol. The van der Waals surface area contributed by atoms with Gasteiger partial charge in [-0.25, -0.2) is 8.42 Å². The van der Waals surface area contributed by atoms with Gasteiger partial charge in [0, 0.05) is 6.54 Å². The van der Waals surface area contributed by atoms with Gasteiger partial charge in [0.15, 0.2) is 0 Å². The van der Waals surface area contributed by atoms with Crippen molar-refractivity contribution < 1.29 is 13.2 Å². The fourth-order valence-corrected chi connectivity index (χ4v) is 4.85. The van der Waals surface area contributed by atoms with Gasteiger partial charge >= 0.3 is 0 Å². The minimum absolute atomic E-state index is 0.133. The van der Waals surface area contributed by atoms with Crippen LogP contribution in [0.4, 0.5) is 0 Å². The van der Waals surface area contributed by atoms with Crippen LogP contribution in [0.1, 0.15) is 18.9 Å². The van der Waals surface area contributed by atoms with Crippen LogP contribution in [0.15, 0.2) is 59.5 Å². The number of sulfonamides is 1. The highest BCUT2D eigenvalue weighted by Crippen LogP contribution is 2.30. The van der Waals surface area contributed by atoms with Crippen molar-refractivity contribution in [2.75, 3.05) is 13.2 Å². The Morgan fingerprint density at radius 2 is 1.75 bits per heavy atom. The molecule has 0 amide bonds. The molecule has 2 atom stereocenters. The van der Waals surface area contributed by atoms with E-state index in [-0.39, 0.29) is 6.04 Å². The normalized spacial score (nSPS) is 21.8. The van der Waals surface area contributed by atoms with E-state index in [1.54, 1.807) is 16.4 Å². The van der Waals surface area contributed by atoms with E-state index in [9.17, 15) is 8.42 Å². The lowest BCUT2D eigenvalue weighted by Gasteiger charge is -2.24. The van der Waals surface area contributed by atoms with E-state index in [2.05, 4.69) is 6.92 Å². The Morgan fingerprint density at radius 1 is 1.08 bits per heavy atom. The third-order valence-corrected chi connectivity index (χ3v) is 6.32. The molecule has 1 saturated heterocycles. The van der Waals surface area contributed by atoms with E-state index >= 15 is 0 Å². The Morgan fingerprint density at radius 3 is 2.42 bits per heavy atom. The van der Waals surface area contributed by atoms with Crippen LogP contribution in [0, 0.1) is 12.8 Å². The average molecular weight is 345 g/mol. The van der Waals surface area contributed by atoms with Crippen molar-refractivity contribution >= 4 is 10.0 Å². The van der Waals surface area contributed by atoms with Gasteiger partial charge in [-0.2, -0.15) is 4.31 Å². The Labute approximate surface area is 144 Å². The van der Waals surface area contributed by atoms with Crippen LogP contribution in [0.5, 0.6) is 5.75 Å². The summed E-state index contributed by atoms with van der Waals surface area (Å²) in [6.07, 6.45) is 0.817. The predicted molar refractivity (Wildman–Crippen MR) is 94.6 cm³/mol. The molecule has 2 aromatic carbocycles. The second kappa shape index (κ2) is 6.95. The van der Waals surface area contributed by atoms with E-state index in [1.165, 1.54) is 0 Å². The first kappa shape index (κ1) is 17.0. The van der Waals surface area contributed by atoms with Gasteiger partial charge in [0.25, 0.3) is 0 Å². The van der Waals surface area contributed by atoms with Crippen molar-refractivity contribution in [1.29, 1.82) is 0 Å². The minimum Gasteiger partial charge on any atom is -0.492 e. The molecule has 1 fully saturated rings. The van der Waals surface area contributed by atoms with Crippen LogP contribution in [-0.2, 0) is 10.0 Å². The smallest absolute Gasteiger partial charge is 0.243 e. The Balaban J connectivity index is 1.78. The molecule has 0 N–H and O–H groups in total. The first-order valence-corrected chi connectivity index (χ1v) is 9.67. The summed E-state index contributed by atoms with van der Waals surface area (Å²) in [4.78, 5) is 0.354. The van der Waals surface area contributed by atoms with Crippen molar-refractivity contribution in [3.63, 3.8) is 0 Å². The zero-order valence-corrected chi connectivity index (χ0v) is 14.9. The molecule has 1 aliphatic heterocycles. The van der Waals surface area contributed by atoms with Crippen molar-refractivity contribution in [3.8, 4) is 5.75 Å². The summed E-state index contributed by atoms with van der Waals surface area (Å²) < 4.78 is 33.4. The van der Waals surface area contributed by atoms with E-state index < -0.39 is 10.0 Å². The average Bonchev–Trinajstić information content (AvgIpc) is 2.96. The zero-order chi connectivity index (χ0) is 17.2. The lowest BCUT2D eigenvalue weighted by atomic mass is 10.1. The number of rotatable bonds is 5. The number of para-hydroxylation sites is 1. The SMILES string of the molecule is Cc1ccc(S(=O)(=O)N2C[C@@H](C)C[C@H]2COc2ccccc2)cc1. The maximum absolute atomic E-state index is 13.0. The second-order valence-corrected chi connectivity index (χ2v) is 8.40. The highest BCUT2D eigenvalue weighted by Gasteiger charge is 2.38. The van der Waals surface area contributed by atoms with E-state index in [4.69, 9.17) is 4.74 Å². The Bertz CT molecular complexity index is 772. The van der Waals surface area contributed by atoms with Gasteiger partial charge in [0.1, 0.15) is 12.4 Å². The van der Waals surface area contributed by atoms with Crippen molar-refractivity contribution in [1.82, 2.24) is 4.31 Å². The molecule has 2 aromatic rings. The fraction of sp³-hybridized carbons (Fsp3) is 0.368. The van der Waals surface area contributed by atoms with E-state index in [0.29, 0.717) is 24.0 Å². The molecule has 0 radical (unpaired) electrons. The van der Waals surface area contributed by atoms with Crippen LogP contribution in [0.3, 0.4) is 0 Å². The summed E-state index contributed by atoms with van der Waals surface area (Å²) in [5, 5.41) is 0. The Hall–Kier alpha value is -1.85. The molecular weight excluding hydrogens is 322 g/mol. The maximum atomic E-state index is 13.0. The largest absolute Gasteiger partial charge is 0.492 e. The molecule has 4 nitrogen and oxygen atoms in total. The third kappa shape index (κ3) is 3.62. The van der Waals surface area contributed by atoms with Gasteiger partial charge in [-0.3, -0.25) is 0 Å². The Kier molecular flexibility index (Phi) is 4.92. The maximum Gasteiger partial charge on any atom is 0.243 e. The molecule has 24 heavy (non-hydrogen) atoms. The molecule has 0 bridgehead atoms.